The highest BCUT2D eigenvalue weighted by Crippen LogP contribution is 2.71. The Balaban J connectivity index is 1.53. The van der Waals surface area contributed by atoms with E-state index in [1.807, 2.05) is 0 Å². The fourth-order valence-corrected chi connectivity index (χ4v) is 9.09. The number of aliphatic hydroxyl groups excluding tert-OH is 1. The number of halogens is 2. The van der Waals surface area contributed by atoms with E-state index in [2.05, 4.69) is 0 Å². The van der Waals surface area contributed by atoms with Crippen LogP contribution in [0.1, 0.15) is 78.6 Å². The molecule has 204 valence electrons. The highest BCUT2D eigenvalue weighted by molar-refractivity contribution is 6.01. The number of carbonyl (C=O) groups excluding carboxylic acids is 2. The fourth-order valence-electron chi connectivity index (χ4n) is 9.09. The van der Waals surface area contributed by atoms with Crippen LogP contribution in [0.2, 0.25) is 0 Å². The number of hydrogen-bond donors (Lipinski definition) is 2. The normalized spacial score (nSPS) is 47.5. The lowest BCUT2D eigenvalue weighted by molar-refractivity contribution is -0.237. The summed E-state index contributed by atoms with van der Waals surface area (Å²) in [6.45, 7) is 4.87. The van der Waals surface area contributed by atoms with Gasteiger partial charge in [-0.3, -0.25) is 9.59 Å². The molecule has 0 aromatic rings. The van der Waals surface area contributed by atoms with E-state index >= 15 is 8.78 Å². The molecule has 0 aliphatic heterocycles. The minimum Gasteiger partial charge on any atom is -0.478 e. The first kappa shape index (κ1) is 26.5. The Labute approximate surface area is 216 Å². The van der Waals surface area contributed by atoms with Gasteiger partial charge in [-0.15, -0.1) is 0 Å². The third-order valence-electron chi connectivity index (χ3n) is 10.9. The van der Waals surface area contributed by atoms with Gasteiger partial charge in [0.15, 0.2) is 11.5 Å². The maximum Gasteiger partial charge on any atom is 0.349 e. The van der Waals surface area contributed by atoms with Gasteiger partial charge < -0.3 is 14.9 Å². The topological polar surface area (TPSA) is 101 Å². The van der Waals surface area contributed by atoms with E-state index < -0.39 is 69.9 Å². The summed E-state index contributed by atoms with van der Waals surface area (Å²) in [5.41, 5.74) is -7.07. The predicted molar refractivity (Wildman–Crippen MR) is 131 cm³/mol. The maximum atomic E-state index is 17.3. The molecule has 9 atom stereocenters. The summed E-state index contributed by atoms with van der Waals surface area (Å²) in [6, 6.07) is 0. The molecule has 0 spiro atoms. The summed E-state index contributed by atoms with van der Waals surface area (Å²) >= 11 is 0. The average molecular weight is 521 g/mol. The monoisotopic (exact) mass is 520 g/mol. The van der Waals surface area contributed by atoms with Crippen LogP contribution in [0.15, 0.2) is 23.8 Å². The molecule has 5 aliphatic carbocycles. The lowest BCUT2D eigenvalue weighted by Crippen LogP contribution is -2.71. The van der Waals surface area contributed by atoms with Crippen LogP contribution in [0, 0.1) is 34.5 Å². The number of allylic oxidation sites excluding steroid dienone is 4. The van der Waals surface area contributed by atoms with Crippen LogP contribution >= 0.6 is 0 Å². The largest absolute Gasteiger partial charge is 0.478 e. The molecule has 4 fully saturated rings. The lowest BCUT2D eigenvalue weighted by Gasteiger charge is -2.62. The Hall–Kier alpha value is -2.09. The third kappa shape index (κ3) is 3.46. The fraction of sp³-hybridized carbons (Fsp3) is 0.759. The van der Waals surface area contributed by atoms with Crippen molar-refractivity contribution in [3.63, 3.8) is 0 Å². The van der Waals surface area contributed by atoms with Crippen molar-refractivity contribution in [2.24, 2.45) is 34.5 Å². The van der Waals surface area contributed by atoms with E-state index in [4.69, 9.17) is 4.74 Å². The number of carboxylic acid groups (broad SMARTS) is 1. The van der Waals surface area contributed by atoms with Crippen LogP contribution in [0.25, 0.3) is 0 Å². The van der Waals surface area contributed by atoms with Gasteiger partial charge in [-0.05, 0) is 68.6 Å². The number of hydrogen-bond acceptors (Lipinski definition) is 5. The Morgan fingerprint density at radius 3 is 2.46 bits per heavy atom. The number of fused-ring (bicyclic) bond motifs is 5. The first-order valence-electron chi connectivity index (χ1n) is 13.7. The quantitative estimate of drug-likeness (QED) is 0.512. The van der Waals surface area contributed by atoms with Gasteiger partial charge in [-0.1, -0.05) is 39.2 Å². The van der Waals surface area contributed by atoms with Crippen LogP contribution in [0.3, 0.4) is 0 Å². The van der Waals surface area contributed by atoms with Crippen molar-refractivity contribution in [1.82, 2.24) is 0 Å². The Morgan fingerprint density at radius 1 is 1.14 bits per heavy atom. The zero-order valence-electron chi connectivity index (χ0n) is 21.8. The molecule has 0 aromatic heterocycles. The molecule has 4 saturated carbocycles. The van der Waals surface area contributed by atoms with E-state index in [-0.39, 0.29) is 37.2 Å². The number of rotatable bonds is 4. The lowest BCUT2D eigenvalue weighted by atomic mass is 9.44. The maximum absolute atomic E-state index is 17.3. The SMILES string of the molecule is C[C@@H]1C[C@H]2[C@@H]3C[C@H](F)C4=CC(=O)C=C[C@]4(C)[C@@]3(F)[C@@H](O)C[C@]2(C)[C@@]1(OC(=O)CC1CCCCC1)C(=O)O. The smallest absolute Gasteiger partial charge is 0.349 e. The van der Waals surface area contributed by atoms with Crippen LogP contribution < -0.4 is 0 Å². The Bertz CT molecular complexity index is 1060. The molecule has 37 heavy (non-hydrogen) atoms. The van der Waals surface area contributed by atoms with Crippen molar-refractivity contribution >= 4 is 17.7 Å². The van der Waals surface area contributed by atoms with Gasteiger partial charge in [0.05, 0.1) is 6.10 Å². The number of esters is 1. The van der Waals surface area contributed by atoms with Crippen molar-refractivity contribution in [2.75, 3.05) is 0 Å². The summed E-state index contributed by atoms with van der Waals surface area (Å²) in [5.74, 6) is -4.46. The summed E-state index contributed by atoms with van der Waals surface area (Å²) in [4.78, 5) is 38.1. The van der Waals surface area contributed by atoms with Crippen molar-refractivity contribution in [1.29, 1.82) is 0 Å². The van der Waals surface area contributed by atoms with E-state index in [0.29, 0.717) is 0 Å². The molecule has 8 heteroatoms. The molecule has 0 unspecified atom stereocenters. The summed E-state index contributed by atoms with van der Waals surface area (Å²) in [7, 11) is 0. The zero-order chi connectivity index (χ0) is 27.0. The molecule has 0 aromatic carbocycles. The van der Waals surface area contributed by atoms with Crippen LogP contribution in [0.4, 0.5) is 8.78 Å². The molecule has 6 nitrogen and oxygen atoms in total. The van der Waals surface area contributed by atoms with Crippen molar-refractivity contribution < 1.29 is 38.1 Å². The summed E-state index contributed by atoms with van der Waals surface area (Å²) in [6.07, 6.45) is 5.31. The molecule has 0 amide bonds. The number of ether oxygens (including phenoxy) is 1. The van der Waals surface area contributed by atoms with E-state index in [9.17, 15) is 24.6 Å². The second-order valence-electron chi connectivity index (χ2n) is 12.7. The van der Waals surface area contributed by atoms with Crippen LogP contribution in [-0.4, -0.2) is 51.5 Å². The van der Waals surface area contributed by atoms with E-state index in [0.717, 1.165) is 38.2 Å². The number of carbonyl (C=O) groups is 3. The number of ketones is 1. The molecule has 2 N–H and O–H groups in total. The number of alkyl halides is 2. The first-order valence-corrected chi connectivity index (χ1v) is 13.7. The van der Waals surface area contributed by atoms with Gasteiger partial charge in [-0.25, -0.2) is 13.6 Å². The molecular weight excluding hydrogens is 482 g/mol. The minimum absolute atomic E-state index is 0.0239. The first-order chi connectivity index (χ1) is 17.3. The second-order valence-corrected chi connectivity index (χ2v) is 12.7. The van der Waals surface area contributed by atoms with Crippen molar-refractivity contribution in [2.45, 2.75) is 102 Å². The molecule has 5 aliphatic rings. The average Bonchev–Trinajstić information content (AvgIpc) is 3.05. The molecule has 0 bridgehead atoms. The number of aliphatic hydroxyl groups is 1. The zero-order valence-corrected chi connectivity index (χ0v) is 21.8. The summed E-state index contributed by atoms with van der Waals surface area (Å²) in [5, 5.41) is 22.0. The van der Waals surface area contributed by atoms with Crippen LogP contribution in [0.5, 0.6) is 0 Å². The molecule has 0 heterocycles. The number of aliphatic carboxylic acids is 1. The molecule has 0 saturated heterocycles. The van der Waals surface area contributed by atoms with Gasteiger partial charge >= 0.3 is 11.9 Å². The summed E-state index contributed by atoms with van der Waals surface area (Å²) < 4.78 is 38.9. The predicted octanol–water partition coefficient (Wildman–Crippen LogP) is 4.89. The Morgan fingerprint density at radius 2 is 1.81 bits per heavy atom. The molecule has 0 radical (unpaired) electrons. The number of carboxylic acids is 1. The second kappa shape index (κ2) is 8.72. The molecule has 5 rings (SSSR count). The van der Waals surface area contributed by atoms with Crippen molar-refractivity contribution in [3.8, 4) is 0 Å². The van der Waals surface area contributed by atoms with Gasteiger partial charge in [0.2, 0.25) is 5.60 Å². The minimum atomic E-state index is -2.30. The molecular formula is C29H38F2O6. The third-order valence-corrected chi connectivity index (χ3v) is 10.9. The van der Waals surface area contributed by atoms with Crippen molar-refractivity contribution in [3.05, 3.63) is 23.8 Å². The Kier molecular flexibility index (Phi) is 6.25. The highest BCUT2D eigenvalue weighted by Gasteiger charge is 2.78. The van der Waals surface area contributed by atoms with Gasteiger partial charge in [0.25, 0.3) is 0 Å². The van der Waals surface area contributed by atoms with Gasteiger partial charge in [-0.2, -0.15) is 0 Å². The standard InChI is InChI=1S/C29H38F2O6/c1-16-11-19-20-14-22(30)21-13-18(32)9-10-26(21,2)28(20,31)23(33)15-27(19,3)29(16,25(35)36)37-24(34)12-17-7-5-4-6-8-17/h9-10,13,16-17,19-20,22-23,33H,4-8,11-12,14-15H2,1-3H3,(H,35,36)/t16-,19+,20+,22+,23+,26+,27+,28+,29+/m1/s1. The highest BCUT2D eigenvalue weighted by atomic mass is 19.1. The van der Waals surface area contributed by atoms with Gasteiger partial charge in [0.1, 0.15) is 6.17 Å². The van der Waals surface area contributed by atoms with E-state index in [1.165, 1.54) is 19.1 Å². The van der Waals surface area contributed by atoms with Crippen LogP contribution in [-0.2, 0) is 19.1 Å². The van der Waals surface area contributed by atoms with Gasteiger partial charge in [0, 0.05) is 29.1 Å². The van der Waals surface area contributed by atoms with E-state index in [1.54, 1.807) is 13.8 Å².